The minimum Gasteiger partial charge on any atom is -0.379 e. The zero-order valence-corrected chi connectivity index (χ0v) is 10.9. The maximum Gasteiger partial charge on any atom is 0.150 e. The summed E-state index contributed by atoms with van der Waals surface area (Å²) in [6, 6.07) is 4.46. The van der Waals surface area contributed by atoms with Gasteiger partial charge >= 0.3 is 0 Å². The molecular weight excluding hydrogens is 248 g/mol. The van der Waals surface area contributed by atoms with E-state index in [9.17, 15) is 8.78 Å². The fourth-order valence-corrected chi connectivity index (χ4v) is 2.17. The molecule has 1 fully saturated rings. The van der Waals surface area contributed by atoms with Gasteiger partial charge in [0, 0.05) is 19.1 Å². The molecule has 0 radical (unpaired) electrons. The molecule has 19 heavy (non-hydrogen) atoms. The van der Waals surface area contributed by atoms with Crippen molar-refractivity contribution >= 4 is 5.69 Å². The molecule has 0 amide bonds. The molecule has 0 aliphatic heterocycles. The molecule has 1 saturated carbocycles. The number of nitriles is 1. The second-order valence-corrected chi connectivity index (χ2v) is 4.71. The van der Waals surface area contributed by atoms with Crippen molar-refractivity contribution in [2.75, 3.05) is 25.0 Å². The zero-order valence-electron chi connectivity index (χ0n) is 10.9. The average Bonchev–Trinajstić information content (AvgIpc) is 3.21. The van der Waals surface area contributed by atoms with Crippen LogP contribution in [0.2, 0.25) is 0 Å². The van der Waals surface area contributed by atoms with E-state index in [1.165, 1.54) is 12.8 Å². The fraction of sp³-hybridized carbons (Fsp3) is 0.500. The first-order valence-corrected chi connectivity index (χ1v) is 6.52. The summed E-state index contributed by atoms with van der Waals surface area (Å²) in [6.45, 7) is 4.29. The maximum atomic E-state index is 13.6. The third-order valence-corrected chi connectivity index (χ3v) is 3.34. The molecule has 1 N–H and O–H groups in total. The molecule has 0 heterocycles. The molecule has 0 bridgehead atoms. The van der Waals surface area contributed by atoms with E-state index >= 15 is 0 Å². The first-order chi connectivity index (χ1) is 9.15. The fourth-order valence-electron chi connectivity index (χ4n) is 2.17. The number of likely N-dealkylation sites (N-methyl/N-ethyl adjacent to an activating group) is 1. The van der Waals surface area contributed by atoms with Crippen LogP contribution in [0.15, 0.2) is 12.1 Å². The standard InChI is InChI=1S/C14H17F2N3/c1-2-19(11-3-4-11)6-5-18-14-12(15)7-10(9-17)8-13(14)16/h7-8,11,18H,2-6H2,1H3. The Morgan fingerprint density at radius 3 is 2.47 bits per heavy atom. The first kappa shape index (κ1) is 13.8. The van der Waals surface area contributed by atoms with Crippen molar-refractivity contribution < 1.29 is 8.78 Å². The summed E-state index contributed by atoms with van der Waals surface area (Å²) in [5.41, 5.74) is -0.153. The molecule has 0 saturated heterocycles. The predicted octanol–water partition coefficient (Wildman–Crippen LogP) is 2.73. The van der Waals surface area contributed by atoms with Crippen LogP contribution in [-0.4, -0.2) is 30.6 Å². The second kappa shape index (κ2) is 5.98. The summed E-state index contributed by atoms with van der Waals surface area (Å²) >= 11 is 0. The van der Waals surface area contributed by atoms with Crippen molar-refractivity contribution in [1.82, 2.24) is 4.90 Å². The van der Waals surface area contributed by atoms with E-state index in [1.807, 2.05) is 0 Å². The van der Waals surface area contributed by atoms with Gasteiger partial charge in [-0.25, -0.2) is 8.78 Å². The molecule has 0 unspecified atom stereocenters. The molecule has 1 aliphatic carbocycles. The number of hydrogen-bond donors (Lipinski definition) is 1. The Morgan fingerprint density at radius 2 is 2.00 bits per heavy atom. The molecule has 0 spiro atoms. The van der Waals surface area contributed by atoms with E-state index in [0.29, 0.717) is 12.6 Å². The molecule has 1 aliphatic rings. The molecular formula is C14H17F2N3. The molecule has 0 aromatic heterocycles. The van der Waals surface area contributed by atoms with E-state index in [2.05, 4.69) is 17.1 Å². The highest BCUT2D eigenvalue weighted by atomic mass is 19.1. The van der Waals surface area contributed by atoms with Gasteiger partial charge < -0.3 is 5.32 Å². The first-order valence-electron chi connectivity index (χ1n) is 6.52. The van der Waals surface area contributed by atoms with Gasteiger partial charge in [-0.1, -0.05) is 6.92 Å². The number of anilines is 1. The van der Waals surface area contributed by atoms with Crippen LogP contribution >= 0.6 is 0 Å². The van der Waals surface area contributed by atoms with Gasteiger partial charge in [0.1, 0.15) is 5.69 Å². The molecule has 0 atom stereocenters. The van der Waals surface area contributed by atoms with E-state index in [4.69, 9.17) is 5.26 Å². The number of nitrogens with zero attached hydrogens (tertiary/aromatic N) is 2. The largest absolute Gasteiger partial charge is 0.379 e. The van der Waals surface area contributed by atoms with Crippen molar-refractivity contribution in [3.8, 4) is 6.07 Å². The Labute approximate surface area is 111 Å². The molecule has 1 aromatic carbocycles. The van der Waals surface area contributed by atoms with Crippen molar-refractivity contribution in [2.24, 2.45) is 0 Å². The smallest absolute Gasteiger partial charge is 0.150 e. The lowest BCUT2D eigenvalue weighted by Gasteiger charge is -2.20. The lowest BCUT2D eigenvalue weighted by molar-refractivity contribution is 0.288. The van der Waals surface area contributed by atoms with Crippen molar-refractivity contribution in [3.63, 3.8) is 0 Å². The van der Waals surface area contributed by atoms with Crippen LogP contribution in [0, 0.1) is 23.0 Å². The van der Waals surface area contributed by atoms with Crippen LogP contribution in [-0.2, 0) is 0 Å². The Balaban J connectivity index is 1.94. The van der Waals surface area contributed by atoms with Crippen LogP contribution in [0.1, 0.15) is 25.3 Å². The third kappa shape index (κ3) is 3.42. The predicted molar refractivity (Wildman–Crippen MR) is 69.8 cm³/mol. The minimum absolute atomic E-state index is 0.00582. The second-order valence-electron chi connectivity index (χ2n) is 4.71. The topological polar surface area (TPSA) is 39.1 Å². The highest BCUT2D eigenvalue weighted by Gasteiger charge is 2.27. The maximum absolute atomic E-state index is 13.6. The van der Waals surface area contributed by atoms with E-state index in [1.54, 1.807) is 6.07 Å². The van der Waals surface area contributed by atoms with Gasteiger partial charge in [0.2, 0.25) is 0 Å². The Morgan fingerprint density at radius 1 is 1.37 bits per heavy atom. The summed E-state index contributed by atoms with van der Waals surface area (Å²) in [4.78, 5) is 2.30. The molecule has 1 aromatic rings. The van der Waals surface area contributed by atoms with Crippen LogP contribution in [0.3, 0.4) is 0 Å². The highest BCUT2D eigenvalue weighted by Crippen LogP contribution is 2.26. The number of nitrogens with one attached hydrogen (secondary N) is 1. The summed E-state index contributed by atoms with van der Waals surface area (Å²) < 4.78 is 27.2. The quantitative estimate of drug-likeness (QED) is 0.859. The van der Waals surface area contributed by atoms with Crippen molar-refractivity contribution in [2.45, 2.75) is 25.8 Å². The Hall–Kier alpha value is -1.67. The summed E-state index contributed by atoms with van der Waals surface area (Å²) in [5, 5.41) is 11.4. The van der Waals surface area contributed by atoms with Crippen molar-refractivity contribution in [1.29, 1.82) is 5.26 Å². The number of rotatable bonds is 6. The van der Waals surface area contributed by atoms with Crippen LogP contribution in [0.5, 0.6) is 0 Å². The highest BCUT2D eigenvalue weighted by molar-refractivity contribution is 5.50. The molecule has 2 rings (SSSR count). The van der Waals surface area contributed by atoms with Gasteiger partial charge in [0.05, 0.1) is 11.6 Å². The summed E-state index contributed by atoms with van der Waals surface area (Å²) in [7, 11) is 0. The molecule has 102 valence electrons. The summed E-state index contributed by atoms with van der Waals surface area (Å²) in [5.74, 6) is -1.43. The van der Waals surface area contributed by atoms with E-state index < -0.39 is 11.6 Å². The lowest BCUT2D eigenvalue weighted by atomic mass is 10.2. The zero-order chi connectivity index (χ0) is 13.8. The van der Waals surface area contributed by atoms with Gasteiger partial charge in [0.25, 0.3) is 0 Å². The number of halogens is 2. The van der Waals surface area contributed by atoms with Gasteiger partial charge in [-0.2, -0.15) is 5.26 Å². The van der Waals surface area contributed by atoms with Crippen LogP contribution in [0.4, 0.5) is 14.5 Å². The number of hydrogen-bond acceptors (Lipinski definition) is 3. The average molecular weight is 265 g/mol. The molecule has 5 heteroatoms. The monoisotopic (exact) mass is 265 g/mol. The minimum atomic E-state index is -0.717. The van der Waals surface area contributed by atoms with E-state index in [-0.39, 0.29) is 11.3 Å². The van der Waals surface area contributed by atoms with Crippen LogP contribution < -0.4 is 5.32 Å². The van der Waals surface area contributed by atoms with Crippen molar-refractivity contribution in [3.05, 3.63) is 29.3 Å². The van der Waals surface area contributed by atoms with Gasteiger partial charge in [-0.3, -0.25) is 4.90 Å². The van der Waals surface area contributed by atoms with Gasteiger partial charge in [-0.15, -0.1) is 0 Å². The Bertz CT molecular complexity index is 469. The normalized spacial score (nSPS) is 14.5. The van der Waals surface area contributed by atoms with Gasteiger partial charge in [-0.05, 0) is 31.5 Å². The summed E-state index contributed by atoms with van der Waals surface area (Å²) in [6.07, 6.45) is 2.43. The van der Waals surface area contributed by atoms with Gasteiger partial charge in [0.15, 0.2) is 11.6 Å². The molecule has 3 nitrogen and oxygen atoms in total. The van der Waals surface area contributed by atoms with Crippen LogP contribution in [0.25, 0.3) is 0 Å². The van der Waals surface area contributed by atoms with E-state index in [0.717, 1.165) is 25.2 Å². The lowest BCUT2D eigenvalue weighted by Crippen LogP contribution is -2.31. The SMILES string of the molecule is CCN(CCNc1c(F)cc(C#N)cc1F)C1CC1. The Kier molecular flexibility index (Phi) is 4.33. The number of benzene rings is 1. The third-order valence-electron chi connectivity index (χ3n) is 3.34.